The van der Waals surface area contributed by atoms with Gasteiger partial charge in [-0.1, -0.05) is 15.5 Å². The molecule has 3 aromatic rings. The monoisotopic (exact) mass is 593 g/mol. The molecule has 2 aromatic carbocycles. The third kappa shape index (κ3) is 7.42. The van der Waals surface area contributed by atoms with Crippen LogP contribution >= 0.6 is 11.6 Å². The van der Waals surface area contributed by atoms with Crippen LogP contribution in [0.2, 0.25) is 5.02 Å². The molecule has 40 heavy (non-hydrogen) atoms. The number of halogens is 2. The summed E-state index contributed by atoms with van der Waals surface area (Å²) in [5.41, 5.74) is 3.07. The molecule has 214 valence electrons. The smallest absolute Gasteiger partial charge is 0.488 e. The maximum Gasteiger partial charge on any atom is 0.488 e. The Bertz CT molecular complexity index is 1550. The van der Waals surface area contributed by atoms with Gasteiger partial charge in [0.1, 0.15) is 22.1 Å². The number of aromatic nitrogens is 2. The number of aryl methyl sites for hydroxylation is 1. The Morgan fingerprint density at radius 3 is 2.52 bits per heavy atom. The first kappa shape index (κ1) is 29.2. The summed E-state index contributed by atoms with van der Waals surface area (Å²) < 4.78 is 49.8. The molecule has 0 saturated heterocycles. The van der Waals surface area contributed by atoms with Gasteiger partial charge in [0, 0.05) is 18.8 Å². The van der Waals surface area contributed by atoms with E-state index in [4.69, 9.17) is 21.1 Å². The SMILES string of the molecule is COc1cc2c(cc1Nc1ncc(Cl)c(Nc3ccc(OS(=O)(=O)F)cc3C)n1)CN(C(=O)OC(C)(C)C)CC2. The van der Waals surface area contributed by atoms with Crippen LogP contribution in [0.25, 0.3) is 0 Å². The van der Waals surface area contributed by atoms with E-state index in [0.29, 0.717) is 42.2 Å². The first-order chi connectivity index (χ1) is 18.7. The quantitative estimate of drug-likeness (QED) is 0.323. The number of hydrogen-bond donors (Lipinski definition) is 2. The second kappa shape index (κ2) is 11.3. The molecule has 1 aliphatic rings. The lowest BCUT2D eigenvalue weighted by molar-refractivity contribution is 0.0224. The van der Waals surface area contributed by atoms with E-state index in [1.165, 1.54) is 24.4 Å². The number of carbonyl (C=O) groups excluding carboxylic acids is 1. The predicted molar refractivity (Wildman–Crippen MR) is 149 cm³/mol. The lowest BCUT2D eigenvalue weighted by atomic mass is 9.98. The molecule has 1 aromatic heterocycles. The molecule has 14 heteroatoms. The van der Waals surface area contributed by atoms with Crippen molar-refractivity contribution in [3.63, 3.8) is 0 Å². The van der Waals surface area contributed by atoms with Crippen molar-refractivity contribution >= 4 is 51.3 Å². The number of benzene rings is 2. The average molecular weight is 594 g/mol. The van der Waals surface area contributed by atoms with Gasteiger partial charge in [0.2, 0.25) is 5.95 Å². The van der Waals surface area contributed by atoms with Crippen molar-refractivity contribution in [1.82, 2.24) is 14.9 Å². The maximum atomic E-state index is 12.9. The van der Waals surface area contributed by atoms with Gasteiger partial charge in [0.15, 0.2) is 5.82 Å². The Labute approximate surface area is 237 Å². The Kier molecular flexibility index (Phi) is 8.26. The predicted octanol–water partition coefficient (Wildman–Crippen LogP) is 5.82. The normalized spacial score (nSPS) is 13.3. The van der Waals surface area contributed by atoms with Crippen molar-refractivity contribution in [2.75, 3.05) is 24.3 Å². The largest absolute Gasteiger partial charge is 0.495 e. The van der Waals surface area contributed by atoms with E-state index in [-0.39, 0.29) is 28.6 Å². The zero-order chi connectivity index (χ0) is 29.2. The summed E-state index contributed by atoms with van der Waals surface area (Å²) in [7, 11) is -3.58. The van der Waals surface area contributed by atoms with E-state index in [0.717, 1.165) is 11.1 Å². The molecule has 11 nitrogen and oxygen atoms in total. The molecule has 0 atom stereocenters. The minimum atomic E-state index is -5.14. The third-order valence-corrected chi connectivity index (χ3v) is 6.49. The lowest BCUT2D eigenvalue weighted by Crippen LogP contribution is -2.39. The van der Waals surface area contributed by atoms with Crippen LogP contribution in [0.15, 0.2) is 36.5 Å². The Hall–Kier alpha value is -3.84. The molecule has 0 bridgehead atoms. The number of methoxy groups -OCH3 is 1. The van der Waals surface area contributed by atoms with E-state index in [2.05, 4.69) is 24.8 Å². The highest BCUT2D eigenvalue weighted by Gasteiger charge is 2.27. The number of nitrogens with zero attached hydrogens (tertiary/aromatic N) is 3. The second-order valence-corrected chi connectivity index (χ2v) is 11.4. The summed E-state index contributed by atoms with van der Waals surface area (Å²) in [6.45, 7) is 8.06. The molecule has 2 heterocycles. The fraction of sp³-hybridized carbons (Fsp3) is 0.346. The minimum Gasteiger partial charge on any atom is -0.495 e. The first-order valence-electron chi connectivity index (χ1n) is 12.2. The molecule has 0 radical (unpaired) electrons. The number of nitrogens with one attached hydrogen (secondary N) is 2. The maximum absolute atomic E-state index is 12.9. The van der Waals surface area contributed by atoms with Gasteiger partial charge < -0.3 is 29.2 Å². The molecule has 0 spiro atoms. The van der Waals surface area contributed by atoms with Crippen molar-refractivity contribution in [3.8, 4) is 11.5 Å². The first-order valence-corrected chi connectivity index (χ1v) is 13.9. The minimum absolute atomic E-state index is 0.175. The number of rotatable bonds is 7. The lowest BCUT2D eigenvalue weighted by Gasteiger charge is -2.31. The third-order valence-electron chi connectivity index (χ3n) is 5.82. The van der Waals surface area contributed by atoms with Crippen molar-refractivity contribution < 1.29 is 30.8 Å². The topological polar surface area (TPSA) is 132 Å². The van der Waals surface area contributed by atoms with Crippen LogP contribution in [0.3, 0.4) is 0 Å². The van der Waals surface area contributed by atoms with Crippen molar-refractivity contribution in [3.05, 3.63) is 58.2 Å². The number of fused-ring (bicyclic) bond motifs is 1. The summed E-state index contributed by atoms with van der Waals surface area (Å²) in [5, 5.41) is 6.43. The van der Waals surface area contributed by atoms with Gasteiger partial charge >= 0.3 is 16.6 Å². The highest BCUT2D eigenvalue weighted by Crippen LogP contribution is 2.35. The van der Waals surface area contributed by atoms with E-state index in [1.54, 1.807) is 18.9 Å². The molecular weight excluding hydrogens is 565 g/mol. The molecule has 0 fully saturated rings. The molecule has 0 aliphatic carbocycles. The number of carbonyl (C=O) groups is 1. The molecule has 0 unspecified atom stereocenters. The fourth-order valence-corrected chi connectivity index (χ4v) is 4.51. The van der Waals surface area contributed by atoms with Crippen molar-refractivity contribution in [1.29, 1.82) is 0 Å². The fourth-order valence-electron chi connectivity index (χ4n) is 4.04. The van der Waals surface area contributed by atoms with Gasteiger partial charge in [-0.2, -0.15) is 13.4 Å². The summed E-state index contributed by atoms with van der Waals surface area (Å²) in [5.74, 6) is 0.881. The van der Waals surface area contributed by atoms with E-state index >= 15 is 0 Å². The Morgan fingerprint density at radius 1 is 1.12 bits per heavy atom. The Balaban J connectivity index is 1.55. The van der Waals surface area contributed by atoms with Crippen LogP contribution < -0.4 is 19.6 Å². The van der Waals surface area contributed by atoms with Crippen molar-refractivity contribution in [2.24, 2.45) is 0 Å². The number of hydrogen-bond acceptors (Lipinski definition) is 10. The Morgan fingerprint density at radius 2 is 1.88 bits per heavy atom. The summed E-state index contributed by atoms with van der Waals surface area (Å²) in [6, 6.07) is 7.96. The molecular formula is C26H29ClFN5O6S. The van der Waals surface area contributed by atoms with Gasteiger partial charge in [-0.25, -0.2) is 9.78 Å². The van der Waals surface area contributed by atoms with Crippen molar-refractivity contribution in [2.45, 2.75) is 46.3 Å². The number of anilines is 4. The molecule has 0 saturated carbocycles. The zero-order valence-corrected chi connectivity index (χ0v) is 24.1. The standard InChI is InChI=1S/C26H29ClFN5O6S/c1-15-10-18(39-40(28,35)36)6-7-20(15)30-23-19(27)13-29-24(32-23)31-21-11-17-14-33(25(34)38-26(2,3)4)9-8-16(17)12-22(21)37-5/h6-7,10-13H,8-9,14H2,1-5H3,(H2,29,30,31,32). The molecule has 1 amide bonds. The van der Waals surface area contributed by atoms with Gasteiger partial charge in [0.05, 0.1) is 19.0 Å². The van der Waals surface area contributed by atoms with Gasteiger partial charge in [0.25, 0.3) is 0 Å². The van der Waals surface area contributed by atoms with Gasteiger partial charge in [-0.05, 0) is 81.1 Å². The summed E-state index contributed by atoms with van der Waals surface area (Å²) in [4.78, 5) is 23.0. The van der Waals surface area contributed by atoms with E-state index in [1.807, 2.05) is 32.9 Å². The summed E-state index contributed by atoms with van der Waals surface area (Å²) >= 11 is 6.32. The number of amides is 1. The highest BCUT2D eigenvalue weighted by atomic mass is 35.5. The van der Waals surface area contributed by atoms with Crippen LogP contribution in [0, 0.1) is 6.92 Å². The molecule has 2 N–H and O–H groups in total. The summed E-state index contributed by atoms with van der Waals surface area (Å²) in [6.07, 6.45) is 1.69. The van der Waals surface area contributed by atoms with Crippen LogP contribution in [0.5, 0.6) is 11.5 Å². The van der Waals surface area contributed by atoms with Gasteiger partial charge in [-0.15, -0.1) is 0 Å². The van der Waals surface area contributed by atoms with E-state index < -0.39 is 16.1 Å². The van der Waals surface area contributed by atoms with Crippen LogP contribution in [-0.4, -0.2) is 48.6 Å². The molecule has 1 aliphatic heterocycles. The van der Waals surface area contributed by atoms with Gasteiger partial charge in [-0.3, -0.25) is 0 Å². The molecule has 4 rings (SSSR count). The zero-order valence-electron chi connectivity index (χ0n) is 22.5. The van der Waals surface area contributed by atoms with Crippen LogP contribution in [0.1, 0.15) is 37.5 Å². The van der Waals surface area contributed by atoms with Crippen LogP contribution in [0.4, 0.5) is 31.8 Å². The van der Waals surface area contributed by atoms with E-state index in [9.17, 15) is 17.1 Å². The number of ether oxygens (including phenoxy) is 2. The average Bonchev–Trinajstić information content (AvgIpc) is 2.84. The van der Waals surface area contributed by atoms with Crippen LogP contribution in [-0.2, 0) is 28.2 Å². The second-order valence-electron chi connectivity index (χ2n) is 10.1. The highest BCUT2D eigenvalue weighted by molar-refractivity contribution is 7.81.